The van der Waals surface area contributed by atoms with Crippen molar-refractivity contribution in [2.24, 2.45) is 0 Å². The summed E-state index contributed by atoms with van der Waals surface area (Å²) >= 11 is 2.04. The first kappa shape index (κ1) is 18.2. The van der Waals surface area contributed by atoms with E-state index in [-0.39, 0.29) is 9.62 Å². The van der Waals surface area contributed by atoms with Crippen LogP contribution >= 0.6 is 22.7 Å². The quantitative estimate of drug-likeness (QED) is 0.687. The number of hydrogen-bond donors (Lipinski definition) is 1. The summed E-state index contributed by atoms with van der Waals surface area (Å²) in [6.07, 6.45) is 0. The lowest BCUT2D eigenvalue weighted by atomic mass is 10.1. The van der Waals surface area contributed by atoms with E-state index in [1.54, 1.807) is 25.3 Å². The van der Waals surface area contributed by atoms with E-state index >= 15 is 0 Å². The van der Waals surface area contributed by atoms with Crippen molar-refractivity contribution in [3.63, 3.8) is 0 Å². The number of nitrogens with zero attached hydrogens (tertiary/aromatic N) is 2. The highest BCUT2D eigenvalue weighted by Crippen LogP contribution is 2.34. The molecule has 8 nitrogen and oxygen atoms in total. The molecule has 0 fully saturated rings. The lowest BCUT2D eigenvalue weighted by Crippen LogP contribution is -2.13. The van der Waals surface area contributed by atoms with E-state index < -0.39 is 5.91 Å². The zero-order chi connectivity index (χ0) is 18.7. The molecule has 0 saturated heterocycles. The summed E-state index contributed by atoms with van der Waals surface area (Å²) in [5.74, 6) is 0.386. The zero-order valence-electron chi connectivity index (χ0n) is 14.2. The smallest absolute Gasteiger partial charge is 0.267 e. The third kappa shape index (κ3) is 3.52. The van der Waals surface area contributed by atoms with E-state index in [2.05, 4.69) is 15.5 Å². The zero-order valence-corrected chi connectivity index (χ0v) is 15.8. The van der Waals surface area contributed by atoms with Gasteiger partial charge in [-0.25, -0.2) is 0 Å². The highest BCUT2D eigenvalue weighted by Gasteiger charge is 2.17. The molecule has 0 aliphatic rings. The minimum atomic E-state index is -0.427. The Morgan fingerprint density at radius 1 is 1.15 bits per heavy atom. The average molecular weight is 393 g/mol. The molecule has 0 atom stereocenters. The second-order valence-corrected chi connectivity index (χ2v) is 7.13. The number of carbonyl (C=O) groups excluding carboxylic acids is 1. The minimum absolute atomic E-state index is 0.262. The molecule has 3 rings (SSSR count). The number of methoxy groups -OCH3 is 3. The Morgan fingerprint density at radius 2 is 1.96 bits per heavy atom. The van der Waals surface area contributed by atoms with Crippen LogP contribution in [0.2, 0.25) is 0 Å². The van der Waals surface area contributed by atoms with Crippen LogP contribution in [0.4, 0.5) is 5.13 Å². The molecular formula is C16H15N3O5S2. The number of aromatic nitrogens is 2. The highest BCUT2D eigenvalue weighted by atomic mass is 32.1. The third-order valence-corrected chi connectivity index (χ3v) is 5.17. The first-order valence-corrected chi connectivity index (χ1v) is 9.02. The molecule has 0 bridgehead atoms. The fraction of sp³-hybridized carbons (Fsp3) is 0.250. The number of benzene rings is 1. The summed E-state index contributed by atoms with van der Waals surface area (Å²) in [6.45, 7) is 0.318. The van der Waals surface area contributed by atoms with Crippen LogP contribution < -0.4 is 19.5 Å². The third-order valence-electron chi connectivity index (χ3n) is 3.45. The van der Waals surface area contributed by atoms with Crippen molar-refractivity contribution in [2.45, 2.75) is 6.61 Å². The van der Waals surface area contributed by atoms with Gasteiger partial charge in [0.25, 0.3) is 5.91 Å². The standard InChI is InChI=1S/C16H15N3O5S2/c1-22-7-11-18-19-16(26-11)17-14(20)10-6-8-4-5-9(23-2)13(24-3)12(8)15(21)25-10/h4-6H,7H2,1-3H3,(H,17,19,20). The van der Waals surface area contributed by atoms with Gasteiger partial charge in [0.1, 0.15) is 11.6 Å². The molecule has 0 saturated carbocycles. The summed E-state index contributed by atoms with van der Waals surface area (Å²) in [4.78, 5) is 25.3. The second-order valence-electron chi connectivity index (χ2n) is 5.05. The van der Waals surface area contributed by atoms with Crippen LogP contribution in [0.3, 0.4) is 0 Å². The molecule has 0 unspecified atom stereocenters. The molecule has 2 aromatic heterocycles. The molecular weight excluding hydrogens is 378 g/mol. The molecule has 26 heavy (non-hydrogen) atoms. The van der Waals surface area contributed by atoms with Gasteiger partial charge < -0.3 is 14.2 Å². The maximum atomic E-state index is 12.6. The van der Waals surface area contributed by atoms with Crippen molar-refractivity contribution in [1.29, 1.82) is 0 Å². The lowest BCUT2D eigenvalue weighted by Gasteiger charge is -2.10. The first-order chi connectivity index (χ1) is 12.6. The number of ether oxygens (including phenoxy) is 3. The molecule has 10 heteroatoms. The summed E-state index contributed by atoms with van der Waals surface area (Å²) in [5.41, 5.74) is 0. The number of anilines is 1. The average Bonchev–Trinajstić information content (AvgIpc) is 3.07. The van der Waals surface area contributed by atoms with Gasteiger partial charge in [-0.2, -0.15) is 0 Å². The van der Waals surface area contributed by atoms with Crippen LogP contribution in [0, 0.1) is 0 Å². The summed E-state index contributed by atoms with van der Waals surface area (Å²) in [5, 5.41) is 12.4. The maximum absolute atomic E-state index is 12.6. The molecule has 1 N–H and O–H groups in total. The number of fused-ring (bicyclic) bond motifs is 1. The number of hydrogen-bond acceptors (Lipinski definition) is 9. The fourth-order valence-electron chi connectivity index (χ4n) is 2.35. The van der Waals surface area contributed by atoms with E-state index in [0.717, 1.165) is 11.3 Å². The number of amides is 1. The predicted octanol–water partition coefficient (Wildman–Crippen LogP) is 2.53. The summed E-state index contributed by atoms with van der Waals surface area (Å²) < 4.78 is 15.2. The van der Waals surface area contributed by atoms with Crippen LogP contribution in [0.1, 0.15) is 14.7 Å². The molecule has 0 spiro atoms. The van der Waals surface area contributed by atoms with Gasteiger partial charge >= 0.3 is 0 Å². The molecule has 1 amide bonds. The SMILES string of the molecule is COCc1nnc(NC(=O)c2cc3ccc(OC)c(OC)c3c(=O)s2)s1. The van der Waals surface area contributed by atoms with E-state index in [9.17, 15) is 9.59 Å². The predicted molar refractivity (Wildman–Crippen MR) is 99.8 cm³/mol. The largest absolute Gasteiger partial charge is 0.493 e. The molecule has 1 aromatic carbocycles. The van der Waals surface area contributed by atoms with Crippen molar-refractivity contribution >= 4 is 44.5 Å². The van der Waals surface area contributed by atoms with Gasteiger partial charge in [-0.05, 0) is 17.5 Å². The van der Waals surface area contributed by atoms with Gasteiger partial charge in [-0.15, -0.1) is 10.2 Å². The molecule has 136 valence electrons. The van der Waals surface area contributed by atoms with Gasteiger partial charge in [0.15, 0.2) is 11.5 Å². The van der Waals surface area contributed by atoms with Gasteiger partial charge in [0, 0.05) is 7.11 Å². The van der Waals surface area contributed by atoms with Gasteiger partial charge in [-0.1, -0.05) is 28.7 Å². The van der Waals surface area contributed by atoms with Crippen molar-refractivity contribution in [1.82, 2.24) is 10.2 Å². The second kappa shape index (κ2) is 7.77. The Kier molecular flexibility index (Phi) is 5.45. The van der Waals surface area contributed by atoms with Crippen molar-refractivity contribution < 1.29 is 19.0 Å². The van der Waals surface area contributed by atoms with Crippen LogP contribution in [0.5, 0.6) is 11.5 Å². The van der Waals surface area contributed by atoms with Crippen LogP contribution in [0.25, 0.3) is 10.8 Å². The Labute approximate surface area is 156 Å². The van der Waals surface area contributed by atoms with Gasteiger partial charge in [-0.3, -0.25) is 14.9 Å². The number of nitrogens with one attached hydrogen (secondary N) is 1. The molecule has 0 aliphatic heterocycles. The van der Waals surface area contributed by atoms with E-state index in [0.29, 0.717) is 39.0 Å². The fourth-order valence-corrected chi connectivity index (χ4v) is 3.90. The van der Waals surface area contributed by atoms with Crippen LogP contribution in [-0.2, 0) is 11.3 Å². The topological polar surface area (TPSA) is 99.6 Å². The molecule has 0 aliphatic carbocycles. The van der Waals surface area contributed by atoms with Gasteiger partial charge in [0.2, 0.25) is 9.87 Å². The van der Waals surface area contributed by atoms with Gasteiger partial charge in [0.05, 0.1) is 24.5 Å². The maximum Gasteiger partial charge on any atom is 0.267 e. The Hall–Kier alpha value is -2.56. The van der Waals surface area contributed by atoms with Crippen LogP contribution in [0.15, 0.2) is 23.0 Å². The summed E-state index contributed by atoms with van der Waals surface area (Å²) in [7, 11) is 4.52. The number of rotatable bonds is 6. The lowest BCUT2D eigenvalue weighted by molar-refractivity contribution is 0.103. The Balaban J connectivity index is 1.95. The first-order valence-electron chi connectivity index (χ1n) is 7.39. The van der Waals surface area contributed by atoms with Crippen molar-refractivity contribution in [2.75, 3.05) is 26.6 Å². The highest BCUT2D eigenvalue weighted by molar-refractivity contribution is 7.15. The van der Waals surface area contributed by atoms with Crippen LogP contribution in [-0.4, -0.2) is 37.4 Å². The van der Waals surface area contributed by atoms with Crippen molar-refractivity contribution in [3.05, 3.63) is 37.6 Å². The van der Waals surface area contributed by atoms with E-state index in [1.807, 2.05) is 0 Å². The molecule has 0 radical (unpaired) electrons. The van der Waals surface area contributed by atoms with Crippen molar-refractivity contribution in [3.8, 4) is 11.5 Å². The van der Waals surface area contributed by atoms with E-state index in [4.69, 9.17) is 14.2 Å². The summed E-state index contributed by atoms with van der Waals surface area (Å²) in [6, 6.07) is 5.04. The van der Waals surface area contributed by atoms with E-state index in [1.165, 1.54) is 25.6 Å². The number of carbonyl (C=O) groups is 1. The molecule has 3 aromatic rings. The Morgan fingerprint density at radius 3 is 2.65 bits per heavy atom. The monoisotopic (exact) mass is 393 g/mol. The minimum Gasteiger partial charge on any atom is -0.493 e. The molecule has 2 heterocycles. The Bertz CT molecular complexity index is 1010. The normalized spacial score (nSPS) is 10.7.